The summed E-state index contributed by atoms with van der Waals surface area (Å²) in [6.45, 7) is 8.64. The van der Waals surface area contributed by atoms with Crippen LogP contribution in [0.5, 0.6) is 5.75 Å². The van der Waals surface area contributed by atoms with Gasteiger partial charge in [0.25, 0.3) is 0 Å². The van der Waals surface area contributed by atoms with Crippen LogP contribution in [0.1, 0.15) is 57.6 Å². The lowest BCUT2D eigenvalue weighted by Crippen LogP contribution is -2.45. The van der Waals surface area contributed by atoms with Crippen LogP contribution in [0.15, 0.2) is 18.2 Å². The van der Waals surface area contributed by atoms with Crippen molar-refractivity contribution < 1.29 is 14.3 Å². The molecule has 1 aliphatic carbocycles. The van der Waals surface area contributed by atoms with Gasteiger partial charge in [-0.15, -0.1) is 0 Å². The Hall–Kier alpha value is -1.51. The van der Waals surface area contributed by atoms with Crippen LogP contribution in [0.25, 0.3) is 0 Å². The maximum absolute atomic E-state index is 11.6. The average Bonchev–Trinajstić information content (AvgIpc) is 2.36. The molecule has 3 heteroatoms. The zero-order valence-electron chi connectivity index (χ0n) is 13.8. The Labute approximate surface area is 127 Å². The van der Waals surface area contributed by atoms with Gasteiger partial charge in [0, 0.05) is 0 Å². The normalized spacial score (nSPS) is 17.0. The number of methoxy groups -OCH3 is 1. The van der Waals surface area contributed by atoms with Crippen molar-refractivity contribution in [3.8, 4) is 5.75 Å². The summed E-state index contributed by atoms with van der Waals surface area (Å²) < 4.78 is 11.1. The van der Waals surface area contributed by atoms with Crippen LogP contribution in [0, 0.1) is 6.92 Å². The van der Waals surface area contributed by atoms with Crippen molar-refractivity contribution in [3.05, 3.63) is 29.3 Å². The van der Waals surface area contributed by atoms with Crippen molar-refractivity contribution in [2.24, 2.45) is 0 Å². The van der Waals surface area contributed by atoms with Crippen LogP contribution >= 0.6 is 0 Å². The molecule has 21 heavy (non-hydrogen) atoms. The Balaban J connectivity index is 2.28. The van der Waals surface area contributed by atoms with E-state index in [9.17, 15) is 4.79 Å². The van der Waals surface area contributed by atoms with Crippen LogP contribution in [-0.4, -0.2) is 18.7 Å². The molecule has 0 heterocycles. The highest BCUT2D eigenvalue weighted by Gasteiger charge is 2.42. The lowest BCUT2D eigenvalue weighted by atomic mass is 9.77. The Kier molecular flexibility index (Phi) is 4.31. The molecule has 116 valence electrons. The number of hydrogen-bond acceptors (Lipinski definition) is 3. The molecule has 1 aliphatic rings. The summed E-state index contributed by atoms with van der Waals surface area (Å²) >= 11 is 0. The van der Waals surface area contributed by atoms with Crippen LogP contribution in [0.2, 0.25) is 0 Å². The zero-order valence-corrected chi connectivity index (χ0v) is 13.8. The van der Waals surface area contributed by atoms with Crippen molar-refractivity contribution in [2.45, 2.75) is 64.4 Å². The molecule has 0 amide bonds. The Bertz CT molecular complexity index is 522. The van der Waals surface area contributed by atoms with Crippen molar-refractivity contribution in [3.63, 3.8) is 0 Å². The smallest absolute Gasteiger partial charge is 0.309 e. The summed E-state index contributed by atoms with van der Waals surface area (Å²) in [6, 6.07) is 6.28. The topological polar surface area (TPSA) is 35.5 Å². The number of carbonyl (C=O) groups excluding carboxylic acids is 1. The van der Waals surface area contributed by atoms with Crippen LogP contribution in [0.3, 0.4) is 0 Å². The number of carbonyl (C=O) groups is 1. The van der Waals surface area contributed by atoms with Gasteiger partial charge in [-0.25, -0.2) is 0 Å². The zero-order chi connectivity index (χ0) is 15.7. The predicted molar refractivity (Wildman–Crippen MR) is 83.7 cm³/mol. The number of aryl methyl sites for hydroxylation is 1. The van der Waals surface area contributed by atoms with Crippen LogP contribution in [0.4, 0.5) is 0 Å². The first-order valence-corrected chi connectivity index (χ1v) is 7.63. The fourth-order valence-corrected chi connectivity index (χ4v) is 2.77. The lowest BCUT2D eigenvalue weighted by molar-refractivity contribution is -0.148. The standard InChI is InChI=1S/C18H26O3/c1-13-7-8-15(14(11-13)17(2,3)4)21-18(9-6-10-18)12-16(19)20-5/h7-8,11H,6,9-10,12H2,1-5H3. The lowest BCUT2D eigenvalue weighted by Gasteiger charge is -2.42. The second-order valence-corrected chi connectivity index (χ2v) is 7.14. The molecule has 0 unspecified atom stereocenters. The van der Waals surface area contributed by atoms with Gasteiger partial charge in [0.05, 0.1) is 13.5 Å². The first-order valence-electron chi connectivity index (χ1n) is 7.63. The quantitative estimate of drug-likeness (QED) is 0.781. The van der Waals surface area contributed by atoms with Crippen molar-refractivity contribution in [1.82, 2.24) is 0 Å². The van der Waals surface area contributed by atoms with E-state index in [4.69, 9.17) is 9.47 Å². The maximum Gasteiger partial charge on any atom is 0.309 e. The second kappa shape index (κ2) is 5.70. The Morgan fingerprint density at radius 1 is 1.29 bits per heavy atom. The molecular formula is C18H26O3. The van der Waals surface area contributed by atoms with Crippen molar-refractivity contribution in [1.29, 1.82) is 0 Å². The molecule has 0 aliphatic heterocycles. The fourth-order valence-electron chi connectivity index (χ4n) is 2.77. The van der Waals surface area contributed by atoms with Gasteiger partial charge in [-0.05, 0) is 43.2 Å². The Morgan fingerprint density at radius 3 is 2.43 bits per heavy atom. The van der Waals surface area contributed by atoms with E-state index in [0.717, 1.165) is 25.0 Å². The molecule has 0 bridgehead atoms. The van der Waals surface area contributed by atoms with Gasteiger partial charge >= 0.3 is 5.97 Å². The molecule has 3 nitrogen and oxygen atoms in total. The van der Waals surface area contributed by atoms with E-state index in [0.29, 0.717) is 6.42 Å². The molecule has 2 rings (SSSR count). The molecule has 0 aromatic heterocycles. The summed E-state index contributed by atoms with van der Waals surface area (Å²) in [4.78, 5) is 11.6. The number of hydrogen-bond donors (Lipinski definition) is 0. The minimum absolute atomic E-state index is 0.0115. The summed E-state index contributed by atoms with van der Waals surface area (Å²) in [5.74, 6) is 0.704. The number of ether oxygens (including phenoxy) is 2. The minimum Gasteiger partial charge on any atom is -0.486 e. The average molecular weight is 290 g/mol. The van der Waals surface area contributed by atoms with Gasteiger partial charge in [-0.2, -0.15) is 0 Å². The number of rotatable bonds is 4. The predicted octanol–water partition coefficient (Wildman–Crippen LogP) is 4.16. The van der Waals surface area contributed by atoms with Gasteiger partial charge in [0.2, 0.25) is 0 Å². The van der Waals surface area contributed by atoms with E-state index >= 15 is 0 Å². The highest BCUT2D eigenvalue weighted by Crippen LogP contribution is 2.42. The van der Waals surface area contributed by atoms with Crippen LogP contribution in [-0.2, 0) is 14.9 Å². The number of benzene rings is 1. The summed E-state index contributed by atoms with van der Waals surface area (Å²) in [6.07, 6.45) is 3.27. The first kappa shape index (κ1) is 15.9. The molecule has 0 radical (unpaired) electrons. The third-order valence-corrected chi connectivity index (χ3v) is 4.23. The van der Waals surface area contributed by atoms with Crippen LogP contribution < -0.4 is 4.74 Å². The largest absolute Gasteiger partial charge is 0.486 e. The third kappa shape index (κ3) is 3.58. The monoisotopic (exact) mass is 290 g/mol. The summed E-state index contributed by atoms with van der Waals surface area (Å²) in [7, 11) is 1.43. The molecule has 0 N–H and O–H groups in total. The van der Waals surface area contributed by atoms with Gasteiger partial charge < -0.3 is 9.47 Å². The second-order valence-electron chi connectivity index (χ2n) is 7.14. The molecule has 1 aromatic carbocycles. The van der Waals surface area contributed by atoms with E-state index in [-0.39, 0.29) is 17.0 Å². The SMILES string of the molecule is COC(=O)CC1(Oc2ccc(C)cc2C(C)(C)C)CCC1. The molecule has 1 aromatic rings. The summed E-state index contributed by atoms with van der Waals surface area (Å²) in [5, 5.41) is 0. The molecular weight excluding hydrogens is 264 g/mol. The van der Waals surface area contributed by atoms with Gasteiger partial charge in [0.1, 0.15) is 11.4 Å². The molecule has 1 fully saturated rings. The fraction of sp³-hybridized carbons (Fsp3) is 0.611. The van der Waals surface area contributed by atoms with Gasteiger partial charge in [-0.3, -0.25) is 4.79 Å². The molecule has 0 atom stereocenters. The molecule has 1 saturated carbocycles. The van der Waals surface area contributed by atoms with Gasteiger partial charge in [-0.1, -0.05) is 38.5 Å². The highest BCUT2D eigenvalue weighted by atomic mass is 16.5. The highest BCUT2D eigenvalue weighted by molar-refractivity contribution is 5.70. The number of esters is 1. The third-order valence-electron chi connectivity index (χ3n) is 4.23. The van der Waals surface area contributed by atoms with E-state index in [1.165, 1.54) is 18.2 Å². The van der Waals surface area contributed by atoms with E-state index < -0.39 is 0 Å². The van der Waals surface area contributed by atoms with Crippen molar-refractivity contribution >= 4 is 5.97 Å². The van der Waals surface area contributed by atoms with E-state index in [1.54, 1.807) is 0 Å². The van der Waals surface area contributed by atoms with Gasteiger partial charge in [0.15, 0.2) is 0 Å². The molecule has 0 saturated heterocycles. The Morgan fingerprint density at radius 2 is 1.95 bits per heavy atom. The minimum atomic E-state index is -0.373. The van der Waals surface area contributed by atoms with E-state index in [2.05, 4.69) is 39.8 Å². The van der Waals surface area contributed by atoms with E-state index in [1.807, 2.05) is 6.07 Å². The summed E-state index contributed by atoms with van der Waals surface area (Å²) in [5.41, 5.74) is 2.06. The van der Waals surface area contributed by atoms with Crippen molar-refractivity contribution in [2.75, 3.05) is 7.11 Å². The molecule has 0 spiro atoms. The first-order chi connectivity index (χ1) is 9.76. The maximum atomic E-state index is 11.6.